The molecule has 15 heavy (non-hydrogen) atoms. The first-order valence-corrected chi connectivity index (χ1v) is 5.21. The number of nitrogens with zero attached hydrogens (tertiary/aromatic N) is 1. The monoisotopic (exact) mass is 210 g/mol. The molecule has 0 aliphatic carbocycles. The molecule has 0 radical (unpaired) electrons. The van der Waals surface area contributed by atoms with Gasteiger partial charge in [0.1, 0.15) is 5.41 Å². The average molecular weight is 210 g/mol. The number of carbonyl (C=O) groups excluding carboxylic acids is 1. The van der Waals surface area contributed by atoms with Gasteiger partial charge in [0.25, 0.3) is 0 Å². The van der Waals surface area contributed by atoms with Crippen LogP contribution in [0.1, 0.15) is 33.6 Å². The second kappa shape index (κ2) is 4.19. The quantitative estimate of drug-likeness (QED) is 0.745. The van der Waals surface area contributed by atoms with Crippen LogP contribution in [-0.4, -0.2) is 24.7 Å². The van der Waals surface area contributed by atoms with Crippen molar-refractivity contribution in [3.63, 3.8) is 0 Å². The molecule has 1 saturated heterocycles. The summed E-state index contributed by atoms with van der Waals surface area (Å²) in [6.07, 6.45) is 1.85. The maximum absolute atomic E-state index is 11.8. The van der Waals surface area contributed by atoms with Gasteiger partial charge < -0.3 is 10.1 Å². The molecule has 1 amide bonds. The summed E-state index contributed by atoms with van der Waals surface area (Å²) in [5.74, 6) is -0.224. The Morgan fingerprint density at radius 2 is 2.27 bits per heavy atom. The lowest BCUT2D eigenvalue weighted by Crippen LogP contribution is -2.54. The lowest BCUT2D eigenvalue weighted by molar-refractivity contribution is -0.130. The fourth-order valence-electron chi connectivity index (χ4n) is 1.51. The van der Waals surface area contributed by atoms with Crippen LogP contribution in [0.15, 0.2) is 0 Å². The van der Waals surface area contributed by atoms with Gasteiger partial charge in [0.05, 0.1) is 18.2 Å². The van der Waals surface area contributed by atoms with Gasteiger partial charge in [-0.15, -0.1) is 0 Å². The van der Waals surface area contributed by atoms with Crippen molar-refractivity contribution in [3.8, 4) is 6.07 Å². The number of hydrogen-bond donors (Lipinski definition) is 1. The maximum atomic E-state index is 11.8. The minimum absolute atomic E-state index is 0.224. The van der Waals surface area contributed by atoms with Crippen LogP contribution in [0.3, 0.4) is 0 Å². The van der Waals surface area contributed by atoms with Gasteiger partial charge in [-0.25, -0.2) is 0 Å². The molecule has 1 aliphatic rings. The maximum Gasteiger partial charge on any atom is 0.240 e. The smallest absolute Gasteiger partial charge is 0.240 e. The van der Waals surface area contributed by atoms with E-state index in [-0.39, 0.29) is 11.4 Å². The summed E-state index contributed by atoms with van der Waals surface area (Å²) in [5.41, 5.74) is -1.29. The number of nitrogens with one attached hydrogen (secondary N) is 1. The third kappa shape index (κ3) is 2.93. The van der Waals surface area contributed by atoms with E-state index in [0.29, 0.717) is 6.61 Å². The molecule has 0 saturated carbocycles. The van der Waals surface area contributed by atoms with Gasteiger partial charge in [-0.3, -0.25) is 4.79 Å². The molecule has 1 N–H and O–H groups in total. The molecule has 84 valence electrons. The number of rotatable bonds is 2. The summed E-state index contributed by atoms with van der Waals surface area (Å²) >= 11 is 0. The Labute approximate surface area is 90.6 Å². The third-order valence-electron chi connectivity index (χ3n) is 2.70. The fraction of sp³-hybridized carbons (Fsp3) is 0.818. The lowest BCUT2D eigenvalue weighted by atomic mass is 9.89. The normalized spacial score (nSPS) is 26.8. The minimum Gasteiger partial charge on any atom is -0.379 e. The topological polar surface area (TPSA) is 62.1 Å². The van der Waals surface area contributed by atoms with Crippen LogP contribution in [0.5, 0.6) is 0 Å². The van der Waals surface area contributed by atoms with Crippen LogP contribution in [0.25, 0.3) is 0 Å². The van der Waals surface area contributed by atoms with Gasteiger partial charge in [0.15, 0.2) is 0 Å². The van der Waals surface area contributed by atoms with Crippen molar-refractivity contribution < 1.29 is 9.53 Å². The predicted octanol–water partition coefficient (Wildman–Crippen LogP) is 1.22. The van der Waals surface area contributed by atoms with E-state index in [9.17, 15) is 4.79 Å². The first-order chi connectivity index (χ1) is 6.90. The summed E-state index contributed by atoms with van der Waals surface area (Å²) in [7, 11) is 0. The summed E-state index contributed by atoms with van der Waals surface area (Å²) in [5, 5.41) is 11.7. The highest BCUT2D eigenvalue weighted by molar-refractivity contribution is 5.85. The van der Waals surface area contributed by atoms with E-state index in [1.807, 2.05) is 13.0 Å². The highest BCUT2D eigenvalue weighted by Crippen LogP contribution is 2.21. The molecule has 1 fully saturated rings. The van der Waals surface area contributed by atoms with Gasteiger partial charge in [0.2, 0.25) is 5.91 Å². The van der Waals surface area contributed by atoms with Crippen LogP contribution >= 0.6 is 0 Å². The molecule has 0 aromatic heterocycles. The molecule has 1 rings (SSSR count). The van der Waals surface area contributed by atoms with Gasteiger partial charge in [-0.05, 0) is 33.6 Å². The highest BCUT2D eigenvalue weighted by Gasteiger charge is 2.35. The Morgan fingerprint density at radius 1 is 1.60 bits per heavy atom. The second-order valence-electron chi connectivity index (χ2n) is 4.91. The summed E-state index contributed by atoms with van der Waals surface area (Å²) in [4.78, 5) is 11.8. The first kappa shape index (κ1) is 12.0. The molecule has 0 aromatic carbocycles. The molecule has 1 heterocycles. The van der Waals surface area contributed by atoms with Crippen molar-refractivity contribution in [1.29, 1.82) is 5.26 Å². The number of hydrogen-bond acceptors (Lipinski definition) is 3. The molecular formula is C11H18N2O2. The SMILES string of the molecule is CC1(NC(=O)C(C)(C)C#N)CCCOC1. The van der Waals surface area contributed by atoms with Crippen LogP contribution in [-0.2, 0) is 9.53 Å². The summed E-state index contributed by atoms with van der Waals surface area (Å²) < 4.78 is 5.33. The van der Waals surface area contributed by atoms with Crippen molar-refractivity contribution >= 4 is 5.91 Å². The fourth-order valence-corrected chi connectivity index (χ4v) is 1.51. The molecule has 0 bridgehead atoms. The number of ether oxygens (including phenoxy) is 1. The molecular weight excluding hydrogens is 192 g/mol. The second-order valence-corrected chi connectivity index (χ2v) is 4.91. The van der Waals surface area contributed by atoms with Gasteiger partial charge in [-0.1, -0.05) is 0 Å². The largest absolute Gasteiger partial charge is 0.379 e. The zero-order chi connectivity index (χ0) is 11.5. The van der Waals surface area contributed by atoms with Crippen molar-refractivity contribution in [3.05, 3.63) is 0 Å². The van der Waals surface area contributed by atoms with E-state index in [2.05, 4.69) is 5.32 Å². The van der Waals surface area contributed by atoms with E-state index in [0.717, 1.165) is 19.4 Å². The zero-order valence-corrected chi connectivity index (χ0v) is 9.59. The van der Waals surface area contributed by atoms with E-state index in [1.165, 1.54) is 0 Å². The number of amides is 1. The van der Waals surface area contributed by atoms with Gasteiger partial charge in [-0.2, -0.15) is 5.26 Å². The van der Waals surface area contributed by atoms with Crippen LogP contribution in [0.2, 0.25) is 0 Å². The first-order valence-electron chi connectivity index (χ1n) is 5.21. The third-order valence-corrected chi connectivity index (χ3v) is 2.70. The van der Waals surface area contributed by atoms with E-state index < -0.39 is 5.41 Å². The Balaban J connectivity index is 2.61. The molecule has 0 spiro atoms. The summed E-state index contributed by atoms with van der Waals surface area (Å²) in [6, 6.07) is 2.00. The summed E-state index contributed by atoms with van der Waals surface area (Å²) in [6.45, 7) is 6.48. The Morgan fingerprint density at radius 3 is 2.73 bits per heavy atom. The molecule has 4 nitrogen and oxygen atoms in total. The molecule has 0 aromatic rings. The van der Waals surface area contributed by atoms with E-state index >= 15 is 0 Å². The van der Waals surface area contributed by atoms with Crippen molar-refractivity contribution in [1.82, 2.24) is 5.32 Å². The lowest BCUT2D eigenvalue weighted by Gasteiger charge is -2.35. The van der Waals surface area contributed by atoms with Gasteiger partial charge >= 0.3 is 0 Å². The molecule has 1 unspecified atom stereocenters. The number of carbonyl (C=O) groups is 1. The Hall–Kier alpha value is -1.08. The highest BCUT2D eigenvalue weighted by atomic mass is 16.5. The van der Waals surface area contributed by atoms with Crippen LogP contribution < -0.4 is 5.32 Å². The van der Waals surface area contributed by atoms with E-state index in [4.69, 9.17) is 10.00 Å². The van der Waals surface area contributed by atoms with Crippen LogP contribution in [0.4, 0.5) is 0 Å². The molecule has 4 heteroatoms. The van der Waals surface area contributed by atoms with Gasteiger partial charge in [0, 0.05) is 6.61 Å². The molecule has 1 atom stereocenters. The van der Waals surface area contributed by atoms with Crippen molar-refractivity contribution in [2.24, 2.45) is 5.41 Å². The van der Waals surface area contributed by atoms with Crippen LogP contribution in [0, 0.1) is 16.7 Å². The number of nitriles is 1. The minimum atomic E-state index is -0.972. The zero-order valence-electron chi connectivity index (χ0n) is 9.59. The van der Waals surface area contributed by atoms with Crippen molar-refractivity contribution in [2.75, 3.05) is 13.2 Å². The Kier molecular flexibility index (Phi) is 3.35. The van der Waals surface area contributed by atoms with E-state index in [1.54, 1.807) is 13.8 Å². The Bertz CT molecular complexity index is 285. The molecule has 1 aliphatic heterocycles. The predicted molar refractivity (Wildman–Crippen MR) is 56.0 cm³/mol. The average Bonchev–Trinajstić information content (AvgIpc) is 2.18. The standard InChI is InChI=1S/C11H18N2O2/c1-10(2,7-12)9(14)13-11(3)5-4-6-15-8-11/h4-6,8H2,1-3H3,(H,13,14). The van der Waals surface area contributed by atoms with Crippen molar-refractivity contribution in [2.45, 2.75) is 39.2 Å².